The van der Waals surface area contributed by atoms with Gasteiger partial charge in [0.05, 0.1) is 6.21 Å². The molecule has 1 aromatic heterocycles. The molecule has 1 N–H and O–H groups in total. The summed E-state index contributed by atoms with van der Waals surface area (Å²) in [5, 5.41) is 3.92. The van der Waals surface area contributed by atoms with Crippen LogP contribution in [0, 0.1) is 0 Å². The largest absolute Gasteiger partial charge is 0.448 e. The second-order valence-electron chi connectivity index (χ2n) is 6.77. The zero-order valence-corrected chi connectivity index (χ0v) is 16.9. The van der Waals surface area contributed by atoms with Crippen LogP contribution in [0.2, 0.25) is 0 Å². The van der Waals surface area contributed by atoms with Crippen LogP contribution in [0.25, 0.3) is 0 Å². The molecule has 0 spiro atoms. The first-order valence-electron chi connectivity index (χ1n) is 9.14. The summed E-state index contributed by atoms with van der Waals surface area (Å²) in [6, 6.07) is 19.8. The van der Waals surface area contributed by atoms with Gasteiger partial charge < -0.3 is 4.42 Å². The Balaban J connectivity index is 1.32. The van der Waals surface area contributed by atoms with Crippen molar-refractivity contribution in [1.82, 2.24) is 10.3 Å². The second kappa shape index (κ2) is 8.54. The highest BCUT2D eigenvalue weighted by molar-refractivity contribution is 9.10. The maximum Gasteiger partial charge on any atom is 0.271 e. The SMILES string of the molecule is O=C(N/N=C\c1ccc(Br)o1)c1ccc(CN2CCc3ccccc3C2)cc1. The van der Waals surface area contributed by atoms with Crippen molar-refractivity contribution in [2.45, 2.75) is 19.5 Å². The molecule has 6 heteroatoms. The highest BCUT2D eigenvalue weighted by Crippen LogP contribution is 2.20. The van der Waals surface area contributed by atoms with E-state index in [-0.39, 0.29) is 5.91 Å². The van der Waals surface area contributed by atoms with E-state index in [4.69, 9.17) is 4.42 Å². The fraction of sp³-hybridized carbons (Fsp3) is 0.182. The Hall–Kier alpha value is -2.70. The number of halogens is 1. The summed E-state index contributed by atoms with van der Waals surface area (Å²) in [6.07, 6.45) is 2.55. The van der Waals surface area contributed by atoms with E-state index in [2.05, 4.69) is 55.6 Å². The Morgan fingerprint density at radius 1 is 1.11 bits per heavy atom. The molecular weight excluding hydrogens is 418 g/mol. The smallest absolute Gasteiger partial charge is 0.271 e. The number of furan rings is 1. The molecule has 0 unspecified atom stereocenters. The molecule has 1 aliphatic heterocycles. The number of nitrogens with one attached hydrogen (secondary N) is 1. The third-order valence-electron chi connectivity index (χ3n) is 4.78. The van der Waals surface area contributed by atoms with Crippen LogP contribution in [-0.4, -0.2) is 23.6 Å². The van der Waals surface area contributed by atoms with Gasteiger partial charge in [-0.05, 0) is 63.3 Å². The van der Waals surface area contributed by atoms with Crippen LogP contribution >= 0.6 is 15.9 Å². The van der Waals surface area contributed by atoms with Gasteiger partial charge in [0.15, 0.2) is 4.67 Å². The minimum atomic E-state index is -0.250. The van der Waals surface area contributed by atoms with Crippen LogP contribution in [0.1, 0.15) is 32.8 Å². The number of carbonyl (C=O) groups is 1. The quantitative estimate of drug-likeness (QED) is 0.476. The van der Waals surface area contributed by atoms with E-state index in [9.17, 15) is 4.79 Å². The number of benzene rings is 2. The average Bonchev–Trinajstić information content (AvgIpc) is 3.13. The Labute approximate surface area is 172 Å². The molecule has 2 aromatic carbocycles. The summed E-state index contributed by atoms with van der Waals surface area (Å²) in [5.74, 6) is 0.311. The Morgan fingerprint density at radius 2 is 1.89 bits per heavy atom. The molecule has 5 nitrogen and oxygen atoms in total. The standard InChI is InChI=1S/C22H20BrN3O2/c23-21-10-9-20(28-21)13-24-25-22(27)18-7-5-16(6-8-18)14-26-12-11-17-3-1-2-4-19(17)15-26/h1-10,13H,11-12,14-15H2,(H,25,27)/b24-13-. The molecule has 0 saturated carbocycles. The number of hydrazone groups is 1. The third-order valence-corrected chi connectivity index (χ3v) is 5.21. The number of rotatable bonds is 5. The van der Waals surface area contributed by atoms with E-state index in [0.717, 1.165) is 26.1 Å². The van der Waals surface area contributed by atoms with Gasteiger partial charge in [0.1, 0.15) is 5.76 Å². The first-order chi connectivity index (χ1) is 13.7. The van der Waals surface area contributed by atoms with Gasteiger partial charge in [-0.1, -0.05) is 36.4 Å². The third kappa shape index (κ3) is 4.58. The molecule has 142 valence electrons. The van der Waals surface area contributed by atoms with Crippen molar-refractivity contribution in [3.8, 4) is 0 Å². The second-order valence-corrected chi connectivity index (χ2v) is 7.55. The zero-order valence-electron chi connectivity index (χ0n) is 15.3. The maximum absolute atomic E-state index is 12.2. The highest BCUT2D eigenvalue weighted by atomic mass is 79.9. The minimum absolute atomic E-state index is 0.250. The molecule has 0 bridgehead atoms. The van der Waals surface area contributed by atoms with E-state index in [0.29, 0.717) is 16.0 Å². The topological polar surface area (TPSA) is 57.8 Å². The Kier molecular flexibility index (Phi) is 5.69. The highest BCUT2D eigenvalue weighted by Gasteiger charge is 2.15. The summed E-state index contributed by atoms with van der Waals surface area (Å²) < 4.78 is 5.91. The van der Waals surface area contributed by atoms with Crippen molar-refractivity contribution < 1.29 is 9.21 Å². The molecule has 1 aliphatic rings. The molecular formula is C22H20BrN3O2. The molecule has 0 aliphatic carbocycles. The number of amides is 1. The summed E-state index contributed by atoms with van der Waals surface area (Å²) in [4.78, 5) is 14.6. The van der Waals surface area contributed by atoms with Crippen LogP contribution in [0.5, 0.6) is 0 Å². The van der Waals surface area contributed by atoms with Crippen molar-refractivity contribution in [3.63, 3.8) is 0 Å². The van der Waals surface area contributed by atoms with E-state index >= 15 is 0 Å². The Morgan fingerprint density at radius 3 is 2.64 bits per heavy atom. The fourth-order valence-corrected chi connectivity index (χ4v) is 3.64. The van der Waals surface area contributed by atoms with Crippen molar-refractivity contribution in [2.24, 2.45) is 5.10 Å². The van der Waals surface area contributed by atoms with Crippen LogP contribution in [-0.2, 0) is 19.5 Å². The molecule has 2 heterocycles. The summed E-state index contributed by atoms with van der Waals surface area (Å²) >= 11 is 3.22. The lowest BCUT2D eigenvalue weighted by atomic mass is 9.99. The first-order valence-corrected chi connectivity index (χ1v) is 9.93. The number of hydrogen-bond acceptors (Lipinski definition) is 4. The van der Waals surface area contributed by atoms with Gasteiger partial charge >= 0.3 is 0 Å². The molecule has 3 aromatic rings. The predicted octanol–water partition coefficient (Wildman–Crippen LogP) is 4.36. The van der Waals surface area contributed by atoms with Gasteiger partial charge in [-0.15, -0.1) is 0 Å². The van der Waals surface area contributed by atoms with Crippen LogP contribution < -0.4 is 5.43 Å². The van der Waals surface area contributed by atoms with E-state index < -0.39 is 0 Å². The molecule has 0 fully saturated rings. The molecule has 4 rings (SSSR count). The Bertz CT molecular complexity index is 995. The van der Waals surface area contributed by atoms with Gasteiger partial charge in [0.2, 0.25) is 0 Å². The van der Waals surface area contributed by atoms with Gasteiger partial charge in [-0.2, -0.15) is 5.10 Å². The molecule has 0 atom stereocenters. The summed E-state index contributed by atoms with van der Waals surface area (Å²) in [6.45, 7) is 2.90. The van der Waals surface area contributed by atoms with E-state index in [1.807, 2.05) is 24.3 Å². The number of fused-ring (bicyclic) bond motifs is 1. The van der Waals surface area contributed by atoms with Crippen LogP contribution in [0.15, 0.2) is 74.9 Å². The van der Waals surface area contributed by atoms with Crippen molar-refractivity contribution >= 4 is 28.1 Å². The summed E-state index contributed by atoms with van der Waals surface area (Å²) in [7, 11) is 0. The molecule has 0 saturated heterocycles. The van der Waals surface area contributed by atoms with Crippen LogP contribution in [0.3, 0.4) is 0 Å². The first kappa shape index (κ1) is 18.7. The lowest BCUT2D eigenvalue weighted by molar-refractivity contribution is 0.0955. The minimum Gasteiger partial charge on any atom is -0.448 e. The van der Waals surface area contributed by atoms with Gasteiger partial charge in [-0.25, -0.2) is 5.43 Å². The van der Waals surface area contributed by atoms with E-state index in [1.54, 1.807) is 12.1 Å². The van der Waals surface area contributed by atoms with Crippen molar-refractivity contribution in [1.29, 1.82) is 0 Å². The average molecular weight is 438 g/mol. The van der Waals surface area contributed by atoms with E-state index in [1.165, 1.54) is 22.9 Å². The number of nitrogens with zero attached hydrogens (tertiary/aromatic N) is 2. The van der Waals surface area contributed by atoms with Crippen molar-refractivity contribution in [2.75, 3.05) is 6.54 Å². The maximum atomic E-state index is 12.2. The van der Waals surface area contributed by atoms with Crippen molar-refractivity contribution in [3.05, 3.63) is 93.3 Å². The predicted molar refractivity (Wildman–Crippen MR) is 112 cm³/mol. The van der Waals surface area contributed by atoms with Gasteiger partial charge in [-0.3, -0.25) is 9.69 Å². The lowest BCUT2D eigenvalue weighted by Crippen LogP contribution is -2.30. The fourth-order valence-electron chi connectivity index (χ4n) is 3.33. The van der Waals surface area contributed by atoms with Gasteiger partial charge in [0.25, 0.3) is 5.91 Å². The molecule has 28 heavy (non-hydrogen) atoms. The zero-order chi connectivity index (χ0) is 19.3. The van der Waals surface area contributed by atoms with Crippen LogP contribution in [0.4, 0.5) is 0 Å². The molecule has 0 radical (unpaired) electrons. The number of hydrogen-bond donors (Lipinski definition) is 1. The monoisotopic (exact) mass is 437 g/mol. The normalized spacial score (nSPS) is 14.2. The van der Waals surface area contributed by atoms with Gasteiger partial charge in [0, 0.05) is 25.2 Å². The molecule has 1 amide bonds. The lowest BCUT2D eigenvalue weighted by Gasteiger charge is -2.28. The summed E-state index contributed by atoms with van der Waals surface area (Å²) in [5.41, 5.74) is 7.14. The number of carbonyl (C=O) groups excluding carboxylic acids is 1.